The molecule has 30 heavy (non-hydrogen) atoms. The van der Waals surface area contributed by atoms with Crippen molar-refractivity contribution in [1.29, 1.82) is 0 Å². The van der Waals surface area contributed by atoms with Crippen molar-refractivity contribution in [2.24, 2.45) is 0 Å². The summed E-state index contributed by atoms with van der Waals surface area (Å²) < 4.78 is 38.7. The van der Waals surface area contributed by atoms with Gasteiger partial charge in [0, 0.05) is 20.2 Å². The number of H-pyrrole nitrogens is 1. The van der Waals surface area contributed by atoms with Crippen LogP contribution in [0.5, 0.6) is 0 Å². The highest BCUT2D eigenvalue weighted by Crippen LogP contribution is 2.29. The molecule has 0 amide bonds. The number of anilines is 3. The Morgan fingerprint density at radius 1 is 1.03 bits per heavy atom. The molecule has 0 aliphatic carbocycles. The zero-order chi connectivity index (χ0) is 21.7. The topological polar surface area (TPSA) is 82.6 Å². The van der Waals surface area contributed by atoms with Crippen molar-refractivity contribution in [1.82, 2.24) is 25.1 Å². The van der Waals surface area contributed by atoms with E-state index in [-0.39, 0.29) is 11.8 Å². The first-order chi connectivity index (χ1) is 14.2. The standard InChI is InChI=1S/C20H20F3N7/c1-4-6-15-12-17(29-28-15)25-18-24-16(26-19(27-18)30(2)3)10-9-13-7-5-8-14(11-13)20(21,22)23/h4-12H,1-3H3,(H2,24,25,26,27,28,29)/b6-4+,10-9+. The van der Waals surface area contributed by atoms with E-state index in [1.807, 2.05) is 19.1 Å². The number of rotatable bonds is 6. The Labute approximate surface area is 171 Å². The van der Waals surface area contributed by atoms with E-state index in [2.05, 4.69) is 30.5 Å². The molecule has 2 N–H and O–H groups in total. The molecule has 0 unspecified atom stereocenters. The molecule has 156 valence electrons. The van der Waals surface area contributed by atoms with Gasteiger partial charge in [-0.1, -0.05) is 24.3 Å². The van der Waals surface area contributed by atoms with Crippen molar-refractivity contribution in [2.45, 2.75) is 13.1 Å². The molecule has 0 bridgehead atoms. The molecule has 0 spiro atoms. The summed E-state index contributed by atoms with van der Waals surface area (Å²) in [5, 5.41) is 9.99. The van der Waals surface area contributed by atoms with Gasteiger partial charge in [0.2, 0.25) is 11.9 Å². The number of aromatic nitrogens is 5. The number of alkyl halides is 3. The van der Waals surface area contributed by atoms with Crippen LogP contribution in [0, 0.1) is 0 Å². The molecular formula is C20H20F3N7. The van der Waals surface area contributed by atoms with Crippen LogP contribution in [0.15, 0.2) is 36.4 Å². The molecule has 0 aliphatic heterocycles. The predicted molar refractivity (Wildman–Crippen MR) is 111 cm³/mol. The van der Waals surface area contributed by atoms with Crippen LogP contribution in [0.3, 0.4) is 0 Å². The molecular weight excluding hydrogens is 395 g/mol. The normalized spacial score (nSPS) is 12.1. The minimum atomic E-state index is -4.40. The lowest BCUT2D eigenvalue weighted by atomic mass is 10.1. The van der Waals surface area contributed by atoms with Crippen LogP contribution in [0.1, 0.15) is 29.6 Å². The van der Waals surface area contributed by atoms with Crippen molar-refractivity contribution in [3.63, 3.8) is 0 Å². The second-order valence-corrected chi connectivity index (χ2v) is 6.50. The van der Waals surface area contributed by atoms with Crippen LogP contribution in [0.2, 0.25) is 0 Å². The summed E-state index contributed by atoms with van der Waals surface area (Å²) in [6.07, 6.45) is 2.39. The second kappa shape index (κ2) is 8.76. The lowest BCUT2D eigenvalue weighted by Gasteiger charge is -2.12. The molecule has 3 rings (SSSR count). The van der Waals surface area contributed by atoms with E-state index in [9.17, 15) is 13.2 Å². The Morgan fingerprint density at radius 3 is 2.53 bits per heavy atom. The van der Waals surface area contributed by atoms with E-state index >= 15 is 0 Å². The average Bonchev–Trinajstić information content (AvgIpc) is 3.13. The maximum Gasteiger partial charge on any atom is 0.416 e. The number of aromatic amines is 1. The van der Waals surface area contributed by atoms with Gasteiger partial charge < -0.3 is 10.2 Å². The zero-order valence-corrected chi connectivity index (χ0v) is 16.6. The Balaban J connectivity index is 1.88. The molecule has 0 saturated carbocycles. The van der Waals surface area contributed by atoms with Crippen LogP contribution < -0.4 is 10.2 Å². The van der Waals surface area contributed by atoms with Gasteiger partial charge in [-0.2, -0.15) is 33.2 Å². The fourth-order valence-corrected chi connectivity index (χ4v) is 2.48. The lowest BCUT2D eigenvalue weighted by molar-refractivity contribution is -0.137. The summed E-state index contributed by atoms with van der Waals surface area (Å²) in [5.74, 6) is 1.46. The third kappa shape index (κ3) is 5.43. The molecule has 3 aromatic rings. The summed E-state index contributed by atoms with van der Waals surface area (Å²) in [6.45, 7) is 1.90. The van der Waals surface area contributed by atoms with Gasteiger partial charge in [0.15, 0.2) is 11.6 Å². The van der Waals surface area contributed by atoms with Crippen LogP contribution in [0.4, 0.5) is 30.9 Å². The van der Waals surface area contributed by atoms with E-state index in [0.717, 1.165) is 17.8 Å². The van der Waals surface area contributed by atoms with Gasteiger partial charge in [-0.15, -0.1) is 0 Å². The van der Waals surface area contributed by atoms with Crippen LogP contribution in [0.25, 0.3) is 18.2 Å². The highest BCUT2D eigenvalue weighted by atomic mass is 19.4. The van der Waals surface area contributed by atoms with E-state index in [4.69, 9.17) is 0 Å². The van der Waals surface area contributed by atoms with Crippen molar-refractivity contribution in [2.75, 3.05) is 24.3 Å². The Morgan fingerprint density at radius 2 is 1.83 bits per heavy atom. The number of allylic oxidation sites excluding steroid dienone is 1. The van der Waals surface area contributed by atoms with E-state index in [0.29, 0.717) is 17.3 Å². The maximum absolute atomic E-state index is 12.9. The van der Waals surface area contributed by atoms with Gasteiger partial charge in [-0.05, 0) is 36.8 Å². The van der Waals surface area contributed by atoms with Crippen molar-refractivity contribution >= 4 is 35.9 Å². The predicted octanol–water partition coefficient (Wildman–Crippen LogP) is 4.63. The second-order valence-electron chi connectivity index (χ2n) is 6.50. The van der Waals surface area contributed by atoms with Crippen molar-refractivity contribution in [3.05, 3.63) is 59.1 Å². The van der Waals surface area contributed by atoms with E-state index < -0.39 is 11.7 Å². The highest BCUT2D eigenvalue weighted by molar-refractivity contribution is 5.68. The van der Waals surface area contributed by atoms with Gasteiger partial charge in [-0.3, -0.25) is 5.10 Å². The molecule has 10 heteroatoms. The Kier molecular flexibility index (Phi) is 6.14. The van der Waals surface area contributed by atoms with E-state index in [1.165, 1.54) is 18.2 Å². The van der Waals surface area contributed by atoms with Crippen LogP contribution in [-0.4, -0.2) is 39.2 Å². The molecule has 0 saturated heterocycles. The molecule has 2 aromatic heterocycles. The first-order valence-electron chi connectivity index (χ1n) is 8.98. The lowest BCUT2D eigenvalue weighted by Crippen LogP contribution is -2.15. The summed E-state index contributed by atoms with van der Waals surface area (Å²) in [4.78, 5) is 14.6. The molecule has 0 atom stereocenters. The first-order valence-corrected chi connectivity index (χ1v) is 8.98. The third-order valence-corrected chi connectivity index (χ3v) is 3.86. The number of benzene rings is 1. The van der Waals surface area contributed by atoms with Gasteiger partial charge in [0.1, 0.15) is 0 Å². The molecule has 1 aromatic carbocycles. The Hall–Kier alpha value is -3.69. The van der Waals surface area contributed by atoms with Gasteiger partial charge in [-0.25, -0.2) is 0 Å². The monoisotopic (exact) mass is 415 g/mol. The molecule has 2 heterocycles. The fourth-order valence-electron chi connectivity index (χ4n) is 2.48. The van der Waals surface area contributed by atoms with Gasteiger partial charge >= 0.3 is 6.18 Å². The SMILES string of the molecule is C/C=C/c1cc(Nc2nc(/C=C/c3cccc(C(F)(F)F)c3)nc(N(C)C)n2)n[nH]1. The number of hydrogen-bond acceptors (Lipinski definition) is 6. The zero-order valence-electron chi connectivity index (χ0n) is 16.6. The van der Waals surface area contributed by atoms with Crippen molar-refractivity contribution < 1.29 is 13.2 Å². The average molecular weight is 415 g/mol. The first kappa shape index (κ1) is 21.0. The highest BCUT2D eigenvalue weighted by Gasteiger charge is 2.30. The summed E-state index contributed by atoms with van der Waals surface area (Å²) in [5.41, 5.74) is 0.480. The molecule has 0 radical (unpaired) electrons. The van der Waals surface area contributed by atoms with Crippen LogP contribution in [-0.2, 0) is 6.18 Å². The number of nitrogens with zero attached hydrogens (tertiary/aromatic N) is 5. The summed E-state index contributed by atoms with van der Waals surface area (Å²) in [6, 6.07) is 6.81. The summed E-state index contributed by atoms with van der Waals surface area (Å²) >= 11 is 0. The van der Waals surface area contributed by atoms with Crippen LogP contribution >= 0.6 is 0 Å². The number of halogens is 3. The molecule has 7 nitrogen and oxygen atoms in total. The number of nitrogens with one attached hydrogen (secondary N) is 2. The van der Waals surface area contributed by atoms with Gasteiger partial charge in [0.05, 0.1) is 11.3 Å². The Bertz CT molecular complexity index is 1070. The van der Waals surface area contributed by atoms with Gasteiger partial charge in [0.25, 0.3) is 0 Å². The molecule has 0 fully saturated rings. The maximum atomic E-state index is 12.9. The smallest absolute Gasteiger partial charge is 0.347 e. The molecule has 0 aliphatic rings. The number of hydrogen-bond donors (Lipinski definition) is 2. The third-order valence-electron chi connectivity index (χ3n) is 3.86. The summed E-state index contributed by atoms with van der Waals surface area (Å²) in [7, 11) is 3.55. The largest absolute Gasteiger partial charge is 0.416 e. The quantitative estimate of drug-likeness (QED) is 0.611. The van der Waals surface area contributed by atoms with E-state index in [1.54, 1.807) is 31.1 Å². The minimum absolute atomic E-state index is 0.260. The van der Waals surface area contributed by atoms with Crippen molar-refractivity contribution in [3.8, 4) is 0 Å². The minimum Gasteiger partial charge on any atom is -0.347 e. The fraction of sp³-hybridized carbons (Fsp3) is 0.200.